The molecule has 51 heteroatoms. The van der Waals surface area contributed by atoms with Crippen molar-refractivity contribution in [1.29, 1.82) is 0 Å². The highest BCUT2D eigenvalue weighted by Crippen LogP contribution is 2.48. The van der Waals surface area contributed by atoms with Gasteiger partial charge in [0.2, 0.25) is 88.6 Å². The summed E-state index contributed by atoms with van der Waals surface area (Å²) in [6, 6.07) is 47.3. The Hall–Kier alpha value is -0.320. The maximum Gasteiger partial charge on any atom is 0.405 e. The second-order valence-corrected chi connectivity index (χ2v) is 85.6. The predicted molar refractivity (Wildman–Crippen MR) is 540 cm³/mol. The summed E-state index contributed by atoms with van der Waals surface area (Å²) in [7, 11) is -22.0. The van der Waals surface area contributed by atoms with E-state index < -0.39 is 110 Å². The SMILES string of the molecule is CCCC(C)NC(=O)c1cccc(S(=O)(=O)C(Br)(Br)Br)c1.CCCN(CCO)C(=O)c1cccc(S(=O)(=O)C(Br)(Br)Br)c1.Cc1cc(C)c(S(=O)Oc2ccc(S(=O)(=O)C(Br)(Br)Br)cc2)c(C)c1.Cc1cccc(S(=O)(=O)C(Br)Br)c1.O=C(NCC(F)(F)F)c1cccc(S(=O)(=O)C(Br)(Br)Br)c1.O=S(Oc1ccc(S(=O)(=O)C(Br)(Br)Br)cc1)c1ccccc1. The van der Waals surface area contributed by atoms with Gasteiger partial charge in [0.05, 0.1) is 45.8 Å². The van der Waals surface area contributed by atoms with Crippen LogP contribution < -0.4 is 19.0 Å². The summed E-state index contributed by atoms with van der Waals surface area (Å²) in [4.78, 5) is 39.1. The van der Waals surface area contributed by atoms with Gasteiger partial charge in [0.1, 0.15) is 18.0 Å². The Bertz CT molecular complexity index is 5750. The number of nitrogens with one attached hydrogen (secondary N) is 2. The summed E-state index contributed by atoms with van der Waals surface area (Å²) in [6.07, 6.45) is -1.96. The van der Waals surface area contributed by atoms with Crippen LogP contribution in [0, 0.1) is 27.7 Å². The number of nitrogens with zero attached hydrogens (tertiary/aromatic N) is 1. The Morgan fingerprint density at radius 1 is 0.435 bits per heavy atom. The van der Waals surface area contributed by atoms with Crippen molar-refractivity contribution in [3.8, 4) is 11.5 Å². The van der Waals surface area contributed by atoms with Gasteiger partial charge in [-0.25, -0.2) is 58.9 Å². The fourth-order valence-corrected chi connectivity index (χ4v) is 25.8. The summed E-state index contributed by atoms with van der Waals surface area (Å²) < 4.78 is 209. The zero-order valence-corrected chi connectivity index (χ0v) is 98.0. The minimum atomic E-state index is -4.55. The molecule has 8 aromatic carbocycles. The largest absolute Gasteiger partial charge is 0.405 e. The van der Waals surface area contributed by atoms with E-state index in [1.54, 1.807) is 66.0 Å². The van der Waals surface area contributed by atoms with Crippen LogP contribution in [0.25, 0.3) is 0 Å². The van der Waals surface area contributed by atoms with E-state index >= 15 is 0 Å². The standard InChI is InChI=1S/C16H15Br3O4S2.C13H16Br3NO4S.C13H16Br3NO3S.C13H9Br3O4S2.C10H7Br3F3NO3S.C8H8Br2O2S/c1-10-8-11(2)15(12(3)9-10)24(20)23-13-4-6-14(7-5-13)25(21,22)16(17,18)19;1-2-6-17(7-8-18)12(19)10-4-3-5-11(9-10)22(20,21)13(14,15)16;1-3-5-9(2)17-12(18)10-6-4-7-11(8-10)21(19,20)13(14,15)16;14-13(15,16)22(18,19)12-8-6-10(7-9-12)20-21(17)11-4-2-1-3-5-11;11-10(12,13)21(19,20)7-3-1-2-6(4-7)8(18)17-5-9(14,15)16;1-6-3-2-4-7(5-6)13(11,12)8(9)10/h4-9H,1-3H3;3-5,9,18H,2,6-8H2,1H3;4,6-9H,3,5H2,1-2H3,(H,17,18);1-9H;1-4H,5H2,(H,17,18);2-5,8H,1H3. The van der Waals surface area contributed by atoms with Crippen molar-refractivity contribution < 1.29 is 100.0 Å². The number of benzene rings is 8. The number of aliphatic hydroxyl groups is 1. The highest BCUT2D eigenvalue weighted by molar-refractivity contribution is 9.44. The molecule has 0 saturated carbocycles. The molecule has 0 heterocycles. The van der Waals surface area contributed by atoms with Crippen molar-refractivity contribution in [3.63, 3.8) is 0 Å². The number of aryl methyl sites for hydroxylation is 4. The van der Waals surface area contributed by atoms with Crippen molar-refractivity contribution in [2.75, 3.05) is 26.2 Å². The van der Waals surface area contributed by atoms with E-state index in [2.05, 4.69) is 276 Å². The van der Waals surface area contributed by atoms with Crippen molar-refractivity contribution >= 4 is 370 Å². The third-order valence-electron chi connectivity index (χ3n) is 15.3. The first kappa shape index (κ1) is 118. The molecule has 0 spiro atoms. The second kappa shape index (κ2) is 51.0. The number of aliphatic hydroxyl groups excluding tert-OH is 1. The van der Waals surface area contributed by atoms with Crippen LogP contribution in [0.2, 0.25) is 0 Å². The van der Waals surface area contributed by atoms with Gasteiger partial charge < -0.3 is 29.0 Å². The summed E-state index contributed by atoms with van der Waals surface area (Å²) in [5.41, 5.74) is 4.18. The molecule has 0 aliphatic carbocycles. The first-order chi connectivity index (χ1) is 56.7. The molecule has 3 atom stereocenters. The van der Waals surface area contributed by atoms with Gasteiger partial charge in [0.25, 0.3) is 17.7 Å². The molecule has 0 aliphatic heterocycles. The third kappa shape index (κ3) is 36.1. The maximum absolute atomic E-state index is 12.6. The lowest BCUT2D eigenvalue weighted by atomic mass is 10.1. The quantitative estimate of drug-likeness (QED) is 0.0473. The number of amides is 3. The fraction of sp³-hybridized carbons (Fsp3) is 0.301. The molecule has 0 bridgehead atoms. The fourth-order valence-electron chi connectivity index (χ4n) is 9.53. The van der Waals surface area contributed by atoms with E-state index in [0.717, 1.165) is 47.6 Å². The highest BCUT2D eigenvalue weighted by atomic mass is 80.0. The van der Waals surface area contributed by atoms with Crippen LogP contribution in [0.1, 0.15) is 93.4 Å². The lowest BCUT2D eigenvalue weighted by Gasteiger charge is -2.21. The predicted octanol–water partition coefficient (Wildman–Crippen LogP) is 23.3. The molecule has 0 fully saturated rings. The molecule has 686 valence electrons. The van der Waals surface area contributed by atoms with Gasteiger partial charge in [-0.15, -0.1) is 0 Å². The maximum atomic E-state index is 12.6. The molecule has 3 N–H and O–H groups in total. The lowest BCUT2D eigenvalue weighted by molar-refractivity contribution is -0.123. The topological polar surface area (TPSA) is 356 Å². The van der Waals surface area contributed by atoms with Gasteiger partial charge in [0, 0.05) is 35.8 Å². The Morgan fingerprint density at radius 3 is 1.16 bits per heavy atom. The molecule has 0 radical (unpaired) electrons. The number of alkyl halides is 20. The van der Waals surface area contributed by atoms with E-state index in [0.29, 0.717) is 38.3 Å². The Kier molecular flexibility index (Phi) is 48.5. The first-order valence-corrected chi connectivity index (χ1v) is 59.1. The number of halogens is 20. The van der Waals surface area contributed by atoms with E-state index in [9.17, 15) is 86.5 Å². The zero-order chi connectivity index (χ0) is 95.1. The van der Waals surface area contributed by atoms with E-state index in [1.165, 1.54) is 102 Å². The minimum Gasteiger partial charge on any atom is -0.397 e. The average molecular weight is 2980 g/mol. The minimum absolute atomic E-state index is 0.00409. The summed E-state index contributed by atoms with van der Waals surface area (Å²) in [5.74, 6) is -0.977. The smallest absolute Gasteiger partial charge is 0.397 e. The second-order valence-electron chi connectivity index (χ2n) is 25.0. The van der Waals surface area contributed by atoms with Crippen LogP contribution in [-0.2, 0) is 81.2 Å². The first-order valence-electron chi connectivity index (χ1n) is 34.2. The number of rotatable bonds is 24. The van der Waals surface area contributed by atoms with Crippen LogP contribution in [0.4, 0.5) is 13.2 Å². The Morgan fingerprint density at radius 2 is 0.798 bits per heavy atom. The number of sulfone groups is 6. The lowest BCUT2D eigenvalue weighted by Crippen LogP contribution is -2.34. The zero-order valence-electron chi connectivity index (χ0n) is 64.5. The number of hydrogen-bond acceptors (Lipinski definition) is 20. The van der Waals surface area contributed by atoms with Crippen molar-refractivity contribution in [2.45, 2.75) is 130 Å². The Labute approximate surface area is 867 Å². The molecule has 0 aliphatic rings. The van der Waals surface area contributed by atoms with Gasteiger partial charge in [-0.2, -0.15) is 13.2 Å². The van der Waals surface area contributed by atoms with Crippen molar-refractivity contribution in [3.05, 3.63) is 227 Å². The highest BCUT2D eigenvalue weighted by Gasteiger charge is 2.42. The van der Waals surface area contributed by atoms with Gasteiger partial charge in [0.15, 0.2) is 3.07 Å². The third-order valence-corrected chi connectivity index (χ3v) is 48.6. The van der Waals surface area contributed by atoms with Gasteiger partial charge >= 0.3 is 6.18 Å². The van der Waals surface area contributed by atoms with Gasteiger partial charge in [-0.1, -0.05) is 118 Å². The van der Waals surface area contributed by atoms with Crippen LogP contribution in [-0.4, -0.2) is 136 Å². The van der Waals surface area contributed by atoms with Crippen molar-refractivity contribution in [1.82, 2.24) is 15.5 Å². The summed E-state index contributed by atoms with van der Waals surface area (Å²) >= 11 is 47.2. The van der Waals surface area contributed by atoms with Crippen LogP contribution in [0.5, 0.6) is 11.5 Å². The molecular weight excluding hydrogens is 2910 g/mol. The Balaban J connectivity index is 0.000000387. The molecular formula is C73H71Br17F3N3O20S8. The molecule has 23 nitrogen and oxygen atoms in total. The van der Waals surface area contributed by atoms with Gasteiger partial charge in [-0.05, 0) is 430 Å². The summed E-state index contributed by atoms with van der Waals surface area (Å²) in [6.45, 7) is 12.5. The normalized spacial score (nSPS) is 13.1. The van der Waals surface area contributed by atoms with E-state index in [4.69, 9.17) is 13.5 Å². The number of carbonyl (C=O) groups excluding carboxylic acids is 3. The van der Waals surface area contributed by atoms with E-state index in [-0.39, 0.29) is 66.6 Å². The molecule has 0 aromatic heterocycles. The van der Waals surface area contributed by atoms with Gasteiger partial charge in [-0.3, -0.25) is 14.4 Å². The summed E-state index contributed by atoms with van der Waals surface area (Å²) in [5, 5.41) is 13.5. The molecule has 124 heavy (non-hydrogen) atoms. The average Bonchev–Trinajstić information content (AvgIpc) is 0.811. The monoisotopic (exact) mass is 2960 g/mol. The molecule has 0 saturated heterocycles. The molecule has 8 rings (SSSR count). The van der Waals surface area contributed by atoms with Crippen LogP contribution >= 0.6 is 271 Å². The van der Waals surface area contributed by atoms with Crippen LogP contribution in [0.15, 0.2) is 227 Å². The van der Waals surface area contributed by atoms with Crippen molar-refractivity contribution in [2.24, 2.45) is 0 Å². The van der Waals surface area contributed by atoms with E-state index in [1.807, 2.05) is 72.7 Å². The molecule has 8 aromatic rings. The molecule has 3 unspecified atom stereocenters. The van der Waals surface area contributed by atoms with Crippen LogP contribution in [0.3, 0.4) is 0 Å². The number of carbonyl (C=O) groups is 3. The molecule has 3 amide bonds. The number of hydrogen-bond donors (Lipinski definition) is 3.